The van der Waals surface area contributed by atoms with Crippen LogP contribution in [0.25, 0.3) is 0 Å². The Balaban J connectivity index is 1.77. The summed E-state index contributed by atoms with van der Waals surface area (Å²) < 4.78 is 25.6. The number of piperidine rings is 1. The minimum atomic E-state index is -0.234. The van der Waals surface area contributed by atoms with E-state index >= 15 is 0 Å². The van der Waals surface area contributed by atoms with E-state index in [1.165, 1.54) is 6.07 Å². The first-order valence-electron chi connectivity index (χ1n) is 8.64. The van der Waals surface area contributed by atoms with Crippen molar-refractivity contribution >= 4 is 11.8 Å². The van der Waals surface area contributed by atoms with Crippen LogP contribution in [0.1, 0.15) is 24.5 Å². The Morgan fingerprint density at radius 2 is 1.92 bits per heavy atom. The van der Waals surface area contributed by atoms with E-state index in [-0.39, 0.29) is 11.9 Å². The Morgan fingerprint density at radius 1 is 1.12 bits per heavy atom. The number of rotatable bonds is 2. The number of hydrogen-bond donors (Lipinski definition) is 0. The predicted molar refractivity (Wildman–Crippen MR) is 97.1 cm³/mol. The molecule has 4 rings (SSSR count). The van der Waals surface area contributed by atoms with Crippen LogP contribution in [0, 0.1) is 11.7 Å². The van der Waals surface area contributed by atoms with Gasteiger partial charge in [-0.2, -0.15) is 0 Å². The van der Waals surface area contributed by atoms with E-state index < -0.39 is 0 Å². The highest BCUT2D eigenvalue weighted by atomic mass is 32.2. The highest BCUT2D eigenvalue weighted by molar-refractivity contribution is 7.99. The van der Waals surface area contributed by atoms with E-state index in [4.69, 9.17) is 9.47 Å². The lowest BCUT2D eigenvalue weighted by molar-refractivity contribution is 0.0816. The number of halogens is 1. The van der Waals surface area contributed by atoms with Crippen molar-refractivity contribution < 1.29 is 13.9 Å². The fourth-order valence-corrected chi connectivity index (χ4v) is 4.68. The largest absolute Gasteiger partial charge is 0.497 e. The minimum Gasteiger partial charge on any atom is -0.497 e. The summed E-state index contributed by atoms with van der Waals surface area (Å²) in [6.07, 6.45) is 2.16. The minimum absolute atomic E-state index is 0.0296. The maximum absolute atomic E-state index is 13.7. The van der Waals surface area contributed by atoms with E-state index in [9.17, 15) is 4.39 Å². The monoisotopic (exact) mass is 359 g/mol. The molecule has 0 radical (unpaired) electrons. The van der Waals surface area contributed by atoms with E-state index in [1.807, 2.05) is 6.07 Å². The third kappa shape index (κ3) is 3.35. The van der Waals surface area contributed by atoms with Crippen molar-refractivity contribution in [2.75, 3.05) is 27.2 Å². The molecule has 2 heterocycles. The summed E-state index contributed by atoms with van der Waals surface area (Å²) in [5.74, 6) is 1.81. The first kappa shape index (κ1) is 16.7. The van der Waals surface area contributed by atoms with Gasteiger partial charge < -0.3 is 14.4 Å². The molecule has 1 saturated heterocycles. The van der Waals surface area contributed by atoms with Crippen molar-refractivity contribution in [1.29, 1.82) is 0 Å². The molecule has 0 spiro atoms. The molecule has 1 atom stereocenters. The second kappa shape index (κ2) is 6.89. The van der Waals surface area contributed by atoms with Crippen LogP contribution in [0.5, 0.6) is 11.5 Å². The van der Waals surface area contributed by atoms with E-state index in [0.29, 0.717) is 5.92 Å². The number of likely N-dealkylation sites (tertiary alicyclic amines) is 1. The number of nitrogens with zero attached hydrogens (tertiary/aromatic N) is 1. The number of ether oxygens (including phenoxy) is 2. The lowest BCUT2D eigenvalue weighted by Gasteiger charge is -2.34. The van der Waals surface area contributed by atoms with Crippen LogP contribution < -0.4 is 9.47 Å². The van der Waals surface area contributed by atoms with Gasteiger partial charge in [-0.1, -0.05) is 11.8 Å². The Bertz CT molecular complexity index is 774. The standard InChI is InChI=1S/C20H22FNO2S/c1-22-9-7-13(8-10-22)20-16-12-15(23-2)4-6-18(16)25-19-11-14(21)3-5-17(19)24-20/h3-6,11-13,20H,7-10H2,1-2H3/t20-/m0/s1. The molecule has 0 aliphatic carbocycles. The molecular weight excluding hydrogens is 337 g/mol. The van der Waals surface area contributed by atoms with Crippen molar-refractivity contribution in [3.63, 3.8) is 0 Å². The van der Waals surface area contributed by atoms with Crippen LogP contribution in [-0.2, 0) is 0 Å². The normalized spacial score (nSPS) is 21.0. The van der Waals surface area contributed by atoms with Crippen LogP contribution in [0.3, 0.4) is 0 Å². The van der Waals surface area contributed by atoms with Crippen molar-refractivity contribution in [2.24, 2.45) is 5.92 Å². The molecule has 0 bridgehead atoms. The number of fused-ring (bicyclic) bond motifs is 2. The molecular formula is C20H22FNO2S. The first-order valence-corrected chi connectivity index (χ1v) is 9.46. The molecule has 2 aromatic carbocycles. The number of benzene rings is 2. The molecule has 2 aliphatic rings. The summed E-state index contributed by atoms with van der Waals surface area (Å²) in [6.45, 7) is 2.15. The van der Waals surface area contributed by atoms with E-state index in [2.05, 4.69) is 24.1 Å². The topological polar surface area (TPSA) is 21.7 Å². The smallest absolute Gasteiger partial charge is 0.134 e. The van der Waals surface area contributed by atoms with Crippen molar-refractivity contribution in [3.8, 4) is 11.5 Å². The second-order valence-corrected chi connectivity index (χ2v) is 7.86. The SMILES string of the molecule is COc1ccc2c(c1)[C@H](C1CCN(C)CC1)Oc1ccc(F)cc1S2. The van der Waals surface area contributed by atoms with Gasteiger partial charge in [0.05, 0.1) is 12.0 Å². The average molecular weight is 359 g/mol. The predicted octanol–water partition coefficient (Wildman–Crippen LogP) is 4.76. The van der Waals surface area contributed by atoms with E-state index in [0.717, 1.165) is 52.8 Å². The Kier molecular flexibility index (Phi) is 4.61. The number of methoxy groups -OCH3 is 1. The van der Waals surface area contributed by atoms with Gasteiger partial charge in [0.2, 0.25) is 0 Å². The van der Waals surface area contributed by atoms with Gasteiger partial charge in [-0.3, -0.25) is 0 Å². The summed E-state index contributed by atoms with van der Waals surface area (Å²) in [4.78, 5) is 4.31. The van der Waals surface area contributed by atoms with Gasteiger partial charge in [-0.15, -0.1) is 0 Å². The third-order valence-corrected chi connectivity index (χ3v) is 6.23. The molecule has 132 valence electrons. The highest BCUT2D eigenvalue weighted by Crippen LogP contribution is 2.48. The van der Waals surface area contributed by atoms with Gasteiger partial charge in [0, 0.05) is 16.4 Å². The van der Waals surface area contributed by atoms with Crippen LogP contribution in [0.2, 0.25) is 0 Å². The van der Waals surface area contributed by atoms with Crippen LogP contribution in [0.4, 0.5) is 4.39 Å². The van der Waals surface area contributed by atoms with E-state index in [1.54, 1.807) is 31.0 Å². The Morgan fingerprint density at radius 3 is 2.68 bits per heavy atom. The molecule has 0 saturated carbocycles. The lowest BCUT2D eigenvalue weighted by atomic mass is 9.87. The molecule has 0 aromatic heterocycles. The molecule has 0 N–H and O–H groups in total. The van der Waals surface area contributed by atoms with Crippen LogP contribution in [0.15, 0.2) is 46.2 Å². The molecule has 0 unspecified atom stereocenters. The first-order chi connectivity index (χ1) is 12.1. The summed E-state index contributed by atoms with van der Waals surface area (Å²) in [7, 11) is 3.84. The fraction of sp³-hybridized carbons (Fsp3) is 0.400. The van der Waals surface area contributed by atoms with Gasteiger partial charge in [0.25, 0.3) is 0 Å². The fourth-order valence-electron chi connectivity index (χ4n) is 3.63. The highest BCUT2D eigenvalue weighted by Gasteiger charge is 2.33. The molecule has 1 fully saturated rings. The third-order valence-electron chi connectivity index (χ3n) is 5.09. The summed E-state index contributed by atoms with van der Waals surface area (Å²) in [5.41, 5.74) is 1.15. The zero-order chi connectivity index (χ0) is 17.4. The van der Waals surface area contributed by atoms with Gasteiger partial charge >= 0.3 is 0 Å². The van der Waals surface area contributed by atoms with Gasteiger partial charge in [0.15, 0.2) is 0 Å². The summed E-state index contributed by atoms with van der Waals surface area (Å²) in [6, 6.07) is 10.9. The maximum atomic E-state index is 13.7. The molecule has 3 nitrogen and oxygen atoms in total. The van der Waals surface area contributed by atoms with Crippen molar-refractivity contribution in [3.05, 3.63) is 47.8 Å². The molecule has 0 amide bonds. The Labute approximate surface area is 152 Å². The van der Waals surface area contributed by atoms with Crippen molar-refractivity contribution in [1.82, 2.24) is 4.90 Å². The molecule has 5 heteroatoms. The quantitative estimate of drug-likeness (QED) is 0.770. The Hall–Kier alpha value is -1.72. The lowest BCUT2D eigenvalue weighted by Crippen LogP contribution is -2.34. The van der Waals surface area contributed by atoms with Crippen LogP contribution in [-0.4, -0.2) is 32.1 Å². The van der Waals surface area contributed by atoms with Gasteiger partial charge in [-0.25, -0.2) is 4.39 Å². The molecule has 2 aliphatic heterocycles. The van der Waals surface area contributed by atoms with Gasteiger partial charge in [-0.05, 0) is 69.4 Å². The summed E-state index contributed by atoms with van der Waals surface area (Å²) in [5, 5.41) is 0. The second-order valence-electron chi connectivity index (χ2n) is 6.78. The van der Waals surface area contributed by atoms with Crippen LogP contribution >= 0.6 is 11.8 Å². The van der Waals surface area contributed by atoms with Gasteiger partial charge in [0.1, 0.15) is 23.4 Å². The molecule has 25 heavy (non-hydrogen) atoms. The summed E-state index contributed by atoms with van der Waals surface area (Å²) >= 11 is 1.57. The average Bonchev–Trinajstić information content (AvgIpc) is 2.78. The maximum Gasteiger partial charge on any atom is 0.134 e. The molecule has 2 aromatic rings. The zero-order valence-corrected chi connectivity index (χ0v) is 15.3. The number of hydrogen-bond acceptors (Lipinski definition) is 4. The zero-order valence-electron chi connectivity index (χ0n) is 14.5. The van der Waals surface area contributed by atoms with Crippen molar-refractivity contribution in [2.45, 2.75) is 28.7 Å².